The average Bonchev–Trinajstić information content (AvgIpc) is 2.85. The van der Waals surface area contributed by atoms with E-state index < -0.39 is 28.5 Å². The molecule has 2 aromatic carbocycles. The molecule has 3 rings (SSSR count). The third-order valence-corrected chi connectivity index (χ3v) is 9.42. The molecule has 1 aliphatic rings. The van der Waals surface area contributed by atoms with Crippen LogP contribution in [0.25, 0.3) is 0 Å². The van der Waals surface area contributed by atoms with Crippen LogP contribution in [0.15, 0.2) is 40.9 Å². The molecule has 0 unspecified atom stereocenters. The van der Waals surface area contributed by atoms with E-state index in [0.29, 0.717) is 27.7 Å². The van der Waals surface area contributed by atoms with Crippen LogP contribution < -0.4 is 9.62 Å². The molecule has 7 nitrogen and oxygen atoms in total. The van der Waals surface area contributed by atoms with Gasteiger partial charge in [-0.1, -0.05) is 71.4 Å². The van der Waals surface area contributed by atoms with Crippen molar-refractivity contribution in [2.24, 2.45) is 0 Å². The Hall–Kier alpha value is -1.81. The zero-order chi connectivity index (χ0) is 28.0. The molecule has 1 N–H and O–H groups in total. The lowest BCUT2D eigenvalue weighted by Crippen LogP contribution is -2.54. The van der Waals surface area contributed by atoms with Crippen molar-refractivity contribution >= 4 is 66.7 Å². The number of sulfonamides is 1. The van der Waals surface area contributed by atoms with Gasteiger partial charge in [0.1, 0.15) is 12.6 Å². The van der Waals surface area contributed by atoms with Gasteiger partial charge in [0.2, 0.25) is 21.8 Å². The van der Waals surface area contributed by atoms with E-state index in [1.54, 1.807) is 36.4 Å². The number of aryl methyl sites for hydroxylation is 1. The van der Waals surface area contributed by atoms with Crippen LogP contribution in [0.1, 0.15) is 56.6 Å². The fourth-order valence-corrected chi connectivity index (χ4v) is 6.25. The van der Waals surface area contributed by atoms with E-state index in [4.69, 9.17) is 23.2 Å². The van der Waals surface area contributed by atoms with Gasteiger partial charge in [-0.2, -0.15) is 0 Å². The number of hydrogen-bond donors (Lipinski definition) is 1. The van der Waals surface area contributed by atoms with Gasteiger partial charge in [-0.15, -0.1) is 0 Å². The Morgan fingerprint density at radius 2 is 1.79 bits per heavy atom. The van der Waals surface area contributed by atoms with Crippen molar-refractivity contribution in [2.75, 3.05) is 17.1 Å². The lowest BCUT2D eigenvalue weighted by molar-refractivity contribution is -0.140. The molecule has 0 heterocycles. The summed E-state index contributed by atoms with van der Waals surface area (Å²) in [5.74, 6) is -0.754. The van der Waals surface area contributed by atoms with E-state index in [1.807, 2.05) is 13.8 Å². The highest BCUT2D eigenvalue weighted by molar-refractivity contribution is 9.10. The number of rotatable bonds is 10. The highest BCUT2D eigenvalue weighted by Gasteiger charge is 2.33. The summed E-state index contributed by atoms with van der Waals surface area (Å²) in [7, 11) is -3.81. The Balaban J connectivity index is 1.95. The molecule has 0 radical (unpaired) electrons. The molecular formula is C27H34BrCl2N3O4S. The van der Waals surface area contributed by atoms with Crippen molar-refractivity contribution < 1.29 is 18.0 Å². The molecule has 0 spiro atoms. The van der Waals surface area contributed by atoms with Crippen LogP contribution in [0.5, 0.6) is 0 Å². The van der Waals surface area contributed by atoms with Gasteiger partial charge in [0.25, 0.3) is 0 Å². The van der Waals surface area contributed by atoms with Crippen molar-refractivity contribution in [2.45, 2.75) is 71.0 Å². The van der Waals surface area contributed by atoms with Crippen LogP contribution in [0.2, 0.25) is 10.0 Å². The second-order valence-corrected chi connectivity index (χ2v) is 13.3. The molecule has 0 aromatic heterocycles. The molecule has 0 bridgehead atoms. The summed E-state index contributed by atoms with van der Waals surface area (Å²) >= 11 is 15.9. The predicted octanol–water partition coefficient (Wildman–Crippen LogP) is 6.09. The number of hydrogen-bond acceptors (Lipinski definition) is 4. The van der Waals surface area contributed by atoms with Crippen LogP contribution in [-0.4, -0.2) is 50.0 Å². The smallest absolute Gasteiger partial charge is 0.244 e. The number of benzene rings is 2. The van der Waals surface area contributed by atoms with Crippen LogP contribution >= 0.6 is 39.1 Å². The molecule has 0 saturated heterocycles. The summed E-state index contributed by atoms with van der Waals surface area (Å²) in [4.78, 5) is 28.8. The summed E-state index contributed by atoms with van der Waals surface area (Å²) in [6, 6.07) is 9.31. The van der Waals surface area contributed by atoms with E-state index >= 15 is 0 Å². The minimum atomic E-state index is -3.81. The minimum Gasteiger partial charge on any atom is -0.352 e. The van der Waals surface area contributed by atoms with Gasteiger partial charge in [-0.25, -0.2) is 8.42 Å². The van der Waals surface area contributed by atoms with Gasteiger partial charge in [0, 0.05) is 27.1 Å². The quantitative estimate of drug-likeness (QED) is 0.339. The van der Waals surface area contributed by atoms with Gasteiger partial charge >= 0.3 is 0 Å². The maximum atomic E-state index is 13.9. The molecule has 1 atom stereocenters. The summed E-state index contributed by atoms with van der Waals surface area (Å²) in [5, 5.41) is 3.93. The Morgan fingerprint density at radius 1 is 1.11 bits per heavy atom. The fourth-order valence-electron chi connectivity index (χ4n) is 4.69. The molecule has 1 saturated carbocycles. The Labute approximate surface area is 244 Å². The maximum Gasteiger partial charge on any atom is 0.244 e. The highest BCUT2D eigenvalue weighted by atomic mass is 79.9. The van der Waals surface area contributed by atoms with Crippen LogP contribution in [-0.2, 0) is 26.2 Å². The first-order valence-electron chi connectivity index (χ1n) is 12.7. The number of nitrogens with zero attached hydrogens (tertiary/aromatic N) is 2. The number of amides is 2. The first-order valence-corrected chi connectivity index (χ1v) is 16.1. The van der Waals surface area contributed by atoms with Gasteiger partial charge in [0.15, 0.2) is 0 Å². The summed E-state index contributed by atoms with van der Waals surface area (Å²) < 4.78 is 27.5. The lowest BCUT2D eigenvalue weighted by atomic mass is 9.95. The number of carbonyl (C=O) groups excluding carboxylic acids is 2. The molecule has 38 heavy (non-hydrogen) atoms. The molecule has 1 aliphatic carbocycles. The molecule has 0 aliphatic heterocycles. The highest BCUT2D eigenvalue weighted by Crippen LogP contribution is 2.27. The first-order chi connectivity index (χ1) is 17.9. The first kappa shape index (κ1) is 30.7. The number of carbonyl (C=O) groups is 2. The zero-order valence-electron chi connectivity index (χ0n) is 21.8. The van der Waals surface area contributed by atoms with Crippen molar-refractivity contribution in [3.05, 3.63) is 62.0 Å². The zero-order valence-corrected chi connectivity index (χ0v) is 25.8. The van der Waals surface area contributed by atoms with E-state index in [2.05, 4.69) is 21.2 Å². The standard InChI is InChI=1S/C27H34BrCl2N3O4S/c1-4-25(27(35)31-21-8-6-5-7-9-21)32(16-19-10-11-20(29)15-24(19)30)26(34)17-33(38(3,36)37)22-12-13-23(28)18(2)14-22/h10-15,21,25H,4-9,16-17H2,1-3H3,(H,31,35)/t25-/m0/s1. The van der Waals surface area contributed by atoms with E-state index in [-0.39, 0.29) is 18.5 Å². The molecule has 2 amide bonds. The number of nitrogens with one attached hydrogen (secondary N) is 1. The SMILES string of the molecule is CC[C@@H](C(=O)NC1CCCCC1)N(Cc1ccc(Cl)cc1Cl)C(=O)CN(c1ccc(Br)c(C)c1)S(C)(=O)=O. The molecule has 208 valence electrons. The van der Waals surface area contributed by atoms with Crippen molar-refractivity contribution in [1.29, 1.82) is 0 Å². The van der Waals surface area contributed by atoms with Gasteiger partial charge < -0.3 is 10.2 Å². The van der Waals surface area contributed by atoms with Crippen LogP contribution in [0.3, 0.4) is 0 Å². The van der Waals surface area contributed by atoms with Gasteiger partial charge in [-0.05, 0) is 67.6 Å². The van der Waals surface area contributed by atoms with Crippen LogP contribution in [0, 0.1) is 6.92 Å². The second-order valence-electron chi connectivity index (χ2n) is 9.73. The molecular weight excluding hydrogens is 613 g/mol. The number of halogens is 3. The topological polar surface area (TPSA) is 86.8 Å². The molecule has 11 heteroatoms. The Bertz CT molecular complexity index is 1270. The van der Waals surface area contributed by atoms with Gasteiger partial charge in [0.05, 0.1) is 11.9 Å². The minimum absolute atomic E-state index is 0.0302. The van der Waals surface area contributed by atoms with Crippen LogP contribution in [0.4, 0.5) is 5.69 Å². The monoisotopic (exact) mass is 645 g/mol. The third-order valence-electron chi connectivity index (χ3n) is 6.80. The van der Waals surface area contributed by atoms with E-state index in [9.17, 15) is 18.0 Å². The largest absolute Gasteiger partial charge is 0.352 e. The Morgan fingerprint density at radius 3 is 2.37 bits per heavy atom. The third kappa shape index (κ3) is 8.10. The Kier molecular flexibility index (Phi) is 10.9. The summed E-state index contributed by atoms with van der Waals surface area (Å²) in [6.07, 6.45) is 6.49. The molecule has 2 aromatic rings. The van der Waals surface area contributed by atoms with E-state index in [0.717, 1.165) is 52.7 Å². The van der Waals surface area contributed by atoms with Crippen molar-refractivity contribution in [3.63, 3.8) is 0 Å². The maximum absolute atomic E-state index is 13.9. The van der Waals surface area contributed by atoms with Gasteiger partial charge in [-0.3, -0.25) is 13.9 Å². The summed E-state index contributed by atoms with van der Waals surface area (Å²) in [6.45, 7) is 3.25. The lowest BCUT2D eigenvalue weighted by Gasteiger charge is -2.34. The summed E-state index contributed by atoms with van der Waals surface area (Å²) in [5.41, 5.74) is 1.80. The second kappa shape index (κ2) is 13.5. The fraction of sp³-hybridized carbons (Fsp3) is 0.481. The number of anilines is 1. The predicted molar refractivity (Wildman–Crippen MR) is 157 cm³/mol. The van der Waals surface area contributed by atoms with Crippen molar-refractivity contribution in [1.82, 2.24) is 10.2 Å². The van der Waals surface area contributed by atoms with Crippen molar-refractivity contribution in [3.8, 4) is 0 Å². The van der Waals surface area contributed by atoms with E-state index in [1.165, 1.54) is 4.90 Å². The normalized spacial score (nSPS) is 15.1. The average molecular weight is 647 g/mol. The molecule has 1 fully saturated rings.